The standard InChI is InChI=1S/C30H22Si.2C6H5FO.Zr/c1-3-15-27(16-4-1)31(28-17-5-2-6-18-28,29-19-23-11-7-8-12-24(23)20-29)30-21-25-13-9-10-14-26(25)22-30;2*7-5-1-3-6(8)4-2-5;/h1-22H;2*1-4,8H;/q;;;+2/p-2. The van der Waals surface area contributed by atoms with Gasteiger partial charge in [0.1, 0.15) is 0 Å². The van der Waals surface area contributed by atoms with Crippen molar-refractivity contribution in [3.05, 3.63) is 202 Å². The molecule has 0 bridgehead atoms. The van der Waals surface area contributed by atoms with E-state index in [-0.39, 0.29) is 18.9 Å². The van der Waals surface area contributed by atoms with Crippen LogP contribution in [0.4, 0.5) is 8.78 Å². The summed E-state index contributed by atoms with van der Waals surface area (Å²) >= 11 is -4.84. The summed E-state index contributed by atoms with van der Waals surface area (Å²) in [5.74, 6) is 0.506. The Hall–Kier alpha value is -4.64. The molecule has 1 aliphatic heterocycles. The summed E-state index contributed by atoms with van der Waals surface area (Å²) in [6.07, 6.45) is 4.83. The van der Waals surface area contributed by atoms with Crippen molar-refractivity contribution in [1.82, 2.24) is 0 Å². The Kier molecular flexibility index (Phi) is 7.07. The van der Waals surface area contributed by atoms with Gasteiger partial charge in [-0.05, 0) is 0 Å². The molecule has 0 radical (unpaired) electrons. The van der Waals surface area contributed by atoms with Crippen molar-refractivity contribution in [2.24, 2.45) is 0 Å². The molecule has 9 rings (SSSR count). The van der Waals surface area contributed by atoms with Crippen LogP contribution in [0.2, 0.25) is 0 Å². The average Bonchev–Trinajstić information content (AvgIpc) is 3.72. The topological polar surface area (TPSA) is 18.5 Å². The van der Waals surface area contributed by atoms with Gasteiger partial charge >= 0.3 is 287 Å². The Labute approximate surface area is 285 Å². The van der Waals surface area contributed by atoms with Crippen molar-refractivity contribution < 1.29 is 35.6 Å². The fraction of sp³-hybridized carbons (Fsp3) is 0.0476. The predicted molar refractivity (Wildman–Crippen MR) is 186 cm³/mol. The third-order valence-electron chi connectivity index (χ3n) is 10.1. The van der Waals surface area contributed by atoms with Crippen molar-refractivity contribution in [3.63, 3.8) is 0 Å². The molecule has 0 amide bonds. The van der Waals surface area contributed by atoms with Gasteiger partial charge in [0.05, 0.1) is 0 Å². The van der Waals surface area contributed by atoms with Crippen molar-refractivity contribution in [3.8, 4) is 11.5 Å². The molecule has 0 saturated carbocycles. The van der Waals surface area contributed by atoms with E-state index in [0.717, 1.165) is 0 Å². The first kappa shape index (κ1) is 29.5. The third-order valence-corrected chi connectivity index (χ3v) is 26.3. The molecule has 232 valence electrons. The van der Waals surface area contributed by atoms with Crippen molar-refractivity contribution >= 4 is 30.6 Å². The Morgan fingerprint density at radius 1 is 0.438 bits per heavy atom. The van der Waals surface area contributed by atoms with Gasteiger partial charge in [0.15, 0.2) is 0 Å². The van der Waals surface area contributed by atoms with Crippen molar-refractivity contribution in [1.29, 1.82) is 0 Å². The van der Waals surface area contributed by atoms with Crippen LogP contribution in [0.15, 0.2) is 168 Å². The third kappa shape index (κ3) is 4.43. The maximum absolute atomic E-state index is 14.3. The molecule has 0 spiro atoms. The van der Waals surface area contributed by atoms with E-state index in [4.69, 9.17) is 5.63 Å². The molecule has 1 fully saturated rings. The zero-order valence-corrected chi connectivity index (χ0v) is 29.4. The normalized spacial score (nSPS) is 19.2. The number of hydrogen-bond acceptors (Lipinski definition) is 2. The summed E-state index contributed by atoms with van der Waals surface area (Å²) in [6, 6.07) is 51.8. The van der Waals surface area contributed by atoms with E-state index in [1.807, 2.05) is 0 Å². The first-order chi connectivity index (χ1) is 23.6. The fourth-order valence-electron chi connectivity index (χ4n) is 8.34. The summed E-state index contributed by atoms with van der Waals surface area (Å²) in [7, 11) is -2.94. The predicted octanol–water partition coefficient (Wildman–Crippen LogP) is 9.04. The quantitative estimate of drug-likeness (QED) is 0.160. The van der Waals surface area contributed by atoms with Gasteiger partial charge in [-0.1, -0.05) is 0 Å². The second-order valence-corrected chi connectivity index (χ2v) is 23.8. The zero-order valence-electron chi connectivity index (χ0n) is 25.9. The molecule has 3 aliphatic rings. The number of rotatable bonds is 6. The minimum absolute atomic E-state index is 0.161. The molecule has 1 saturated heterocycles. The van der Waals surface area contributed by atoms with Gasteiger partial charge in [-0.25, -0.2) is 0 Å². The molecule has 2 atom stereocenters. The van der Waals surface area contributed by atoms with E-state index < -0.39 is 29.2 Å². The number of hydrogen-bond donors (Lipinski definition) is 0. The van der Waals surface area contributed by atoms with Gasteiger partial charge in [-0.2, -0.15) is 0 Å². The first-order valence-electron chi connectivity index (χ1n) is 16.2. The number of halogens is 2. The molecule has 2 nitrogen and oxygen atoms in total. The van der Waals surface area contributed by atoms with E-state index >= 15 is 0 Å². The van der Waals surface area contributed by atoms with Gasteiger partial charge in [0.25, 0.3) is 0 Å². The van der Waals surface area contributed by atoms with Gasteiger partial charge in [0, 0.05) is 0 Å². The van der Waals surface area contributed by atoms with Gasteiger partial charge in [0.2, 0.25) is 0 Å². The van der Waals surface area contributed by atoms with Crippen LogP contribution < -0.4 is 16.0 Å². The second kappa shape index (κ2) is 11.5. The van der Waals surface area contributed by atoms with E-state index in [1.165, 1.54) is 67.3 Å². The van der Waals surface area contributed by atoms with Crippen LogP contribution >= 0.6 is 0 Å². The summed E-state index contributed by atoms with van der Waals surface area (Å²) in [5.41, 5.74) is 4.72. The molecule has 1 heterocycles. The molecule has 6 aromatic carbocycles. The van der Waals surface area contributed by atoms with E-state index in [1.54, 1.807) is 24.3 Å². The van der Waals surface area contributed by atoms with Crippen LogP contribution in [0.3, 0.4) is 0 Å². The van der Waals surface area contributed by atoms with Crippen molar-refractivity contribution in [2.45, 2.75) is 7.25 Å². The molecule has 2 unspecified atom stereocenters. The SMILES string of the molecule is Fc1ccc([O][Zr]2([O]c3ccc(F)cc3)[CH]3C(=Cc4ccccc43)[Si](c3ccccc3)(c3ccccc3)C3=Cc4ccccc4[CH]32)cc1. The number of fused-ring (bicyclic) bond motifs is 6. The number of benzene rings is 6. The summed E-state index contributed by atoms with van der Waals surface area (Å²) < 4.78 is 43.3. The Morgan fingerprint density at radius 3 is 1.23 bits per heavy atom. The molecule has 0 aromatic heterocycles. The van der Waals surface area contributed by atoms with Crippen LogP contribution in [-0.2, 0) is 21.1 Å². The summed E-state index contributed by atoms with van der Waals surface area (Å²) in [4.78, 5) is 0. The minimum atomic E-state index is -4.84. The van der Waals surface area contributed by atoms with Crippen LogP contribution in [0.25, 0.3) is 12.2 Å². The van der Waals surface area contributed by atoms with Gasteiger partial charge in [-0.3, -0.25) is 0 Å². The van der Waals surface area contributed by atoms with Gasteiger partial charge in [-0.15, -0.1) is 0 Å². The summed E-state index contributed by atoms with van der Waals surface area (Å²) in [5, 5.41) is 5.31. The molecular weight excluding hydrogens is 694 g/mol. The molecule has 6 aromatic rings. The van der Waals surface area contributed by atoms with E-state index in [9.17, 15) is 8.78 Å². The Balaban J connectivity index is 1.42. The van der Waals surface area contributed by atoms with Crippen molar-refractivity contribution in [2.75, 3.05) is 0 Å². The number of allylic oxidation sites excluding steroid dienone is 2. The Morgan fingerprint density at radius 2 is 0.812 bits per heavy atom. The van der Waals surface area contributed by atoms with Crippen LogP contribution in [0.5, 0.6) is 11.5 Å². The van der Waals surface area contributed by atoms with Crippen LogP contribution in [0, 0.1) is 11.6 Å². The molecule has 48 heavy (non-hydrogen) atoms. The van der Waals surface area contributed by atoms with E-state index in [0.29, 0.717) is 11.5 Å². The Bertz CT molecular complexity index is 2060. The van der Waals surface area contributed by atoms with Crippen LogP contribution in [0.1, 0.15) is 29.5 Å². The zero-order chi connectivity index (χ0) is 32.3. The summed E-state index contributed by atoms with van der Waals surface area (Å²) in [6.45, 7) is 0. The van der Waals surface area contributed by atoms with E-state index in [2.05, 4.69) is 121 Å². The molecule has 0 N–H and O–H groups in total. The fourth-order valence-corrected chi connectivity index (χ4v) is 29.7. The average molecular weight is 724 g/mol. The monoisotopic (exact) mass is 722 g/mol. The van der Waals surface area contributed by atoms with Gasteiger partial charge < -0.3 is 0 Å². The maximum atomic E-state index is 14.3. The molecule has 6 heteroatoms. The van der Waals surface area contributed by atoms with Crippen LogP contribution in [-0.4, -0.2) is 8.07 Å². The second-order valence-electron chi connectivity index (χ2n) is 12.6. The molecule has 2 aliphatic carbocycles. The molecular formula is C42H30F2O2SiZr. The first-order valence-corrected chi connectivity index (χ1v) is 23.0.